The third kappa shape index (κ3) is 67.9. The third-order valence-electron chi connectivity index (χ3n) is 18.2. The van der Waals surface area contributed by atoms with Crippen LogP contribution in [0.5, 0.6) is 0 Å². The summed E-state index contributed by atoms with van der Waals surface area (Å²) in [5.41, 5.74) is 0. The number of unbranched alkanes of at least 4 members (excludes halogenated alkanes) is 61. The molecule has 0 radical (unpaired) electrons. The van der Waals surface area contributed by atoms with Gasteiger partial charge in [0.25, 0.3) is 0 Å². The average Bonchev–Trinajstić information content (AvgIpc) is 3.47. The average molecular weight is 1150 g/mol. The normalized spacial score (nSPS) is 12.4. The molecule has 0 aromatic carbocycles. The van der Waals surface area contributed by atoms with E-state index in [1.807, 2.05) is 0 Å². The Hall–Kier alpha value is -1.14. The molecule has 2 unspecified atom stereocenters. The molecule has 0 aliphatic rings. The van der Waals surface area contributed by atoms with Crippen LogP contribution in [0.2, 0.25) is 0 Å². The van der Waals surface area contributed by atoms with Gasteiger partial charge < -0.3 is 20.3 Å². The maximum Gasteiger partial charge on any atom is 0.305 e. The topological polar surface area (TPSA) is 95.9 Å². The van der Waals surface area contributed by atoms with Crippen LogP contribution in [-0.2, 0) is 14.3 Å². The number of hydrogen-bond donors (Lipinski definition) is 3. The Kier molecular flexibility index (Phi) is 70.3. The van der Waals surface area contributed by atoms with Gasteiger partial charge in [0.15, 0.2) is 0 Å². The van der Waals surface area contributed by atoms with Crippen molar-refractivity contribution in [3.63, 3.8) is 0 Å². The lowest BCUT2D eigenvalue weighted by atomic mass is 10.0. The fraction of sp³-hybridized carbons (Fsp3) is 0.973. The van der Waals surface area contributed by atoms with Crippen LogP contribution in [0.15, 0.2) is 0 Å². The first kappa shape index (κ1) is 79.9. The molecule has 0 aliphatic carbocycles. The summed E-state index contributed by atoms with van der Waals surface area (Å²) in [4.78, 5) is 24.5. The van der Waals surface area contributed by atoms with Gasteiger partial charge in [-0.2, -0.15) is 0 Å². The molecule has 0 saturated heterocycles. The van der Waals surface area contributed by atoms with Gasteiger partial charge in [0.2, 0.25) is 5.91 Å². The zero-order chi connectivity index (χ0) is 58.5. The van der Waals surface area contributed by atoms with Crippen molar-refractivity contribution in [1.29, 1.82) is 0 Å². The van der Waals surface area contributed by atoms with E-state index >= 15 is 0 Å². The van der Waals surface area contributed by atoms with Crippen LogP contribution in [0.25, 0.3) is 0 Å². The van der Waals surface area contributed by atoms with Crippen LogP contribution in [0.1, 0.15) is 444 Å². The van der Waals surface area contributed by atoms with Crippen LogP contribution in [-0.4, -0.2) is 47.4 Å². The van der Waals surface area contributed by atoms with Crippen molar-refractivity contribution in [2.45, 2.75) is 456 Å². The largest absolute Gasteiger partial charge is 0.466 e. The summed E-state index contributed by atoms with van der Waals surface area (Å²) >= 11 is 0. The first-order valence-corrected chi connectivity index (χ1v) is 37.8. The highest BCUT2D eigenvalue weighted by atomic mass is 16.5. The number of hydrogen-bond acceptors (Lipinski definition) is 5. The van der Waals surface area contributed by atoms with E-state index in [0.717, 1.165) is 38.5 Å². The number of ether oxygens (including phenoxy) is 1. The van der Waals surface area contributed by atoms with E-state index in [4.69, 9.17) is 4.74 Å². The van der Waals surface area contributed by atoms with E-state index in [2.05, 4.69) is 19.2 Å². The molecule has 3 N–H and O–H groups in total. The Bertz CT molecular complexity index is 1180. The lowest BCUT2D eigenvalue weighted by molar-refractivity contribution is -0.143. The van der Waals surface area contributed by atoms with E-state index in [-0.39, 0.29) is 18.5 Å². The number of rotatable bonds is 72. The lowest BCUT2D eigenvalue weighted by Crippen LogP contribution is -2.45. The molecule has 6 heteroatoms. The summed E-state index contributed by atoms with van der Waals surface area (Å²) in [6, 6.07) is -0.535. The molecule has 0 aromatic rings. The molecular formula is C75H149NO5. The van der Waals surface area contributed by atoms with Gasteiger partial charge in [-0.1, -0.05) is 406 Å². The Morgan fingerprint density at radius 1 is 0.296 bits per heavy atom. The SMILES string of the molecule is CCCCCCCCCCCCCCCC(O)C(CO)NC(=O)CCCCCCCCCCCCCCCCCCCCCCCCCCCCCCCCCCCCCCCCCOC(=O)CCCCCCCCCCCCCC. The molecule has 2 atom stereocenters. The zero-order valence-corrected chi connectivity index (χ0v) is 55.6. The number of carbonyl (C=O) groups excluding carboxylic acids is 2. The van der Waals surface area contributed by atoms with Crippen LogP contribution < -0.4 is 5.32 Å². The van der Waals surface area contributed by atoms with Gasteiger partial charge in [0.05, 0.1) is 25.4 Å². The fourth-order valence-electron chi connectivity index (χ4n) is 12.4. The van der Waals surface area contributed by atoms with E-state index in [1.54, 1.807) is 0 Å². The number of nitrogens with one attached hydrogen (secondary N) is 1. The minimum atomic E-state index is -0.658. The van der Waals surface area contributed by atoms with Gasteiger partial charge in [-0.15, -0.1) is 0 Å². The highest BCUT2D eigenvalue weighted by Gasteiger charge is 2.20. The molecule has 0 rings (SSSR count). The standard InChI is InChI=1S/C75H149NO5/c1-3-5-7-9-11-13-15-44-47-51-55-59-63-67-73(78)72(71-77)76-74(79)68-64-60-56-52-48-45-42-40-38-36-34-32-30-28-26-24-22-20-18-17-19-21-23-25-27-29-31-33-35-37-39-41-43-46-50-54-58-62-66-70-81-75(80)69-65-61-57-53-49-16-14-12-10-8-6-4-2/h72-73,77-78H,3-71H2,1-2H3,(H,76,79). The van der Waals surface area contributed by atoms with Crippen LogP contribution >= 0.6 is 0 Å². The van der Waals surface area contributed by atoms with Gasteiger partial charge in [-0.3, -0.25) is 9.59 Å². The van der Waals surface area contributed by atoms with Crippen molar-refractivity contribution in [2.75, 3.05) is 13.2 Å². The fourth-order valence-corrected chi connectivity index (χ4v) is 12.4. The van der Waals surface area contributed by atoms with Gasteiger partial charge in [0.1, 0.15) is 0 Å². The smallest absolute Gasteiger partial charge is 0.305 e. The maximum absolute atomic E-state index is 12.5. The highest BCUT2D eigenvalue weighted by molar-refractivity contribution is 5.76. The predicted molar refractivity (Wildman–Crippen MR) is 357 cm³/mol. The molecule has 0 heterocycles. The number of carbonyl (C=O) groups is 2. The first-order valence-electron chi connectivity index (χ1n) is 37.8. The van der Waals surface area contributed by atoms with Crippen LogP contribution in [0.3, 0.4) is 0 Å². The number of esters is 1. The molecule has 0 saturated carbocycles. The molecule has 0 fully saturated rings. The zero-order valence-electron chi connectivity index (χ0n) is 55.6. The quantitative estimate of drug-likeness (QED) is 0.0417. The second-order valence-electron chi connectivity index (χ2n) is 26.4. The van der Waals surface area contributed by atoms with Crippen LogP contribution in [0.4, 0.5) is 0 Å². The molecule has 0 aliphatic heterocycles. The van der Waals surface area contributed by atoms with Crippen molar-refractivity contribution in [2.24, 2.45) is 0 Å². The van der Waals surface area contributed by atoms with Crippen molar-refractivity contribution in [1.82, 2.24) is 5.32 Å². The summed E-state index contributed by atoms with van der Waals surface area (Å²) in [5.74, 6) is 0.0000652. The van der Waals surface area contributed by atoms with Crippen molar-refractivity contribution < 1.29 is 24.5 Å². The summed E-state index contributed by atoms with van der Waals surface area (Å²) in [6.07, 6.45) is 87.7. The number of aliphatic hydroxyl groups is 2. The monoisotopic (exact) mass is 1140 g/mol. The Morgan fingerprint density at radius 2 is 0.506 bits per heavy atom. The van der Waals surface area contributed by atoms with Crippen molar-refractivity contribution in [3.8, 4) is 0 Å². The summed E-state index contributed by atoms with van der Waals surface area (Å²) < 4.78 is 5.49. The number of aliphatic hydroxyl groups excluding tert-OH is 2. The van der Waals surface area contributed by atoms with E-state index in [1.165, 1.54) is 372 Å². The van der Waals surface area contributed by atoms with E-state index in [0.29, 0.717) is 25.9 Å². The molecule has 1 amide bonds. The molecule has 0 bridgehead atoms. The minimum Gasteiger partial charge on any atom is -0.466 e. The molecular weight excluding hydrogens is 995 g/mol. The Morgan fingerprint density at radius 3 is 0.753 bits per heavy atom. The molecule has 0 aromatic heterocycles. The molecule has 6 nitrogen and oxygen atoms in total. The van der Waals surface area contributed by atoms with Crippen LogP contribution in [0, 0.1) is 0 Å². The van der Waals surface area contributed by atoms with E-state index < -0.39 is 12.1 Å². The van der Waals surface area contributed by atoms with Crippen molar-refractivity contribution >= 4 is 11.9 Å². The second kappa shape index (κ2) is 71.3. The second-order valence-corrected chi connectivity index (χ2v) is 26.4. The maximum atomic E-state index is 12.5. The summed E-state index contributed by atoms with van der Waals surface area (Å²) in [6.45, 7) is 5.00. The molecule has 484 valence electrons. The predicted octanol–water partition coefficient (Wildman–Crippen LogP) is 24.5. The summed E-state index contributed by atoms with van der Waals surface area (Å²) in [5, 5.41) is 23.3. The summed E-state index contributed by atoms with van der Waals surface area (Å²) in [7, 11) is 0. The van der Waals surface area contributed by atoms with Gasteiger partial charge in [0, 0.05) is 12.8 Å². The number of amides is 1. The van der Waals surface area contributed by atoms with Gasteiger partial charge in [-0.25, -0.2) is 0 Å². The minimum absolute atomic E-state index is 0.0257. The lowest BCUT2D eigenvalue weighted by Gasteiger charge is -2.22. The molecule has 0 spiro atoms. The molecule has 81 heavy (non-hydrogen) atoms. The highest BCUT2D eigenvalue weighted by Crippen LogP contribution is 2.20. The van der Waals surface area contributed by atoms with Gasteiger partial charge in [-0.05, 0) is 25.7 Å². The van der Waals surface area contributed by atoms with Crippen molar-refractivity contribution in [3.05, 3.63) is 0 Å². The van der Waals surface area contributed by atoms with Gasteiger partial charge >= 0.3 is 5.97 Å². The Balaban J connectivity index is 3.26. The Labute approximate surface area is 508 Å². The van der Waals surface area contributed by atoms with E-state index in [9.17, 15) is 19.8 Å². The third-order valence-corrected chi connectivity index (χ3v) is 18.2. The first-order chi connectivity index (χ1) is 40.0.